The molecule has 0 spiro atoms. The predicted molar refractivity (Wildman–Crippen MR) is 96.0 cm³/mol. The Hall–Kier alpha value is 0.320. The number of aliphatic hydroxyl groups excluding tert-OH is 2. The van der Waals surface area contributed by atoms with Crippen molar-refractivity contribution in [2.45, 2.75) is 49.0 Å². The summed E-state index contributed by atoms with van der Waals surface area (Å²) in [4.78, 5) is 1.24. The van der Waals surface area contributed by atoms with Gasteiger partial charge in [0.1, 0.15) is 0 Å². The molecule has 0 aliphatic carbocycles. The minimum atomic E-state index is -0.743. The average molecular weight is 487 g/mol. The van der Waals surface area contributed by atoms with Crippen molar-refractivity contribution >= 4 is 47.8 Å². The van der Waals surface area contributed by atoms with Gasteiger partial charge in [0.05, 0.1) is 29.2 Å². The fourth-order valence-corrected chi connectivity index (χ4v) is 2.91. The van der Waals surface area contributed by atoms with Crippen molar-refractivity contribution in [2.24, 2.45) is 0 Å². The SMILES string of the molecule is CCC(Br)=CC=C[C@H](O)[C@H](Br)[C@@H]1O[C@@H](C=C=CBr)C[C@@H]1O. The summed E-state index contributed by atoms with van der Waals surface area (Å²) in [6.07, 6.45) is 6.50. The lowest BCUT2D eigenvalue weighted by atomic mass is 10.0. The van der Waals surface area contributed by atoms with E-state index in [0.717, 1.165) is 10.9 Å². The van der Waals surface area contributed by atoms with Crippen LogP contribution in [0.4, 0.5) is 0 Å². The summed E-state index contributed by atoms with van der Waals surface area (Å²) >= 11 is 9.96. The van der Waals surface area contributed by atoms with Gasteiger partial charge < -0.3 is 14.9 Å². The topological polar surface area (TPSA) is 49.7 Å². The molecule has 0 aromatic rings. The van der Waals surface area contributed by atoms with E-state index in [4.69, 9.17) is 4.74 Å². The highest BCUT2D eigenvalue weighted by Gasteiger charge is 2.39. The number of allylic oxidation sites excluding steroid dienone is 3. The maximum Gasteiger partial charge on any atom is 0.0996 e. The van der Waals surface area contributed by atoms with Crippen LogP contribution in [0.15, 0.2) is 39.5 Å². The first-order chi connectivity index (χ1) is 9.99. The molecule has 0 radical (unpaired) electrons. The maximum absolute atomic E-state index is 10.1. The minimum Gasteiger partial charge on any atom is -0.390 e. The third kappa shape index (κ3) is 6.53. The Labute approximate surface area is 150 Å². The first kappa shape index (κ1) is 19.4. The van der Waals surface area contributed by atoms with E-state index in [2.05, 4.69) is 53.5 Å². The molecule has 118 valence electrons. The van der Waals surface area contributed by atoms with E-state index in [-0.39, 0.29) is 10.9 Å². The molecular weight excluding hydrogens is 468 g/mol. The summed E-state index contributed by atoms with van der Waals surface area (Å²) in [5, 5.41) is 20.2. The van der Waals surface area contributed by atoms with Crippen LogP contribution < -0.4 is 0 Å². The number of halogens is 3. The van der Waals surface area contributed by atoms with Crippen LogP contribution in [0.2, 0.25) is 0 Å². The fourth-order valence-electron chi connectivity index (χ4n) is 1.95. The standard InChI is InChI=1S/C15H19Br3O3/c1-2-10(17)5-3-7-12(19)14(18)15-13(20)9-11(21-15)6-4-8-16/h3,5-8,11-15,19-20H,2,9H2,1H3/t4?,11-,12-,13-,14-,15+/m0/s1. The van der Waals surface area contributed by atoms with Gasteiger partial charge in [0.15, 0.2) is 0 Å². The van der Waals surface area contributed by atoms with Gasteiger partial charge in [-0.3, -0.25) is 0 Å². The highest BCUT2D eigenvalue weighted by molar-refractivity contribution is 9.11. The van der Waals surface area contributed by atoms with Gasteiger partial charge >= 0.3 is 0 Å². The van der Waals surface area contributed by atoms with Crippen LogP contribution in [0.3, 0.4) is 0 Å². The number of alkyl halides is 1. The number of aliphatic hydroxyl groups is 2. The molecule has 1 heterocycles. The fraction of sp³-hybridized carbons (Fsp3) is 0.533. The van der Waals surface area contributed by atoms with Gasteiger partial charge in [0.2, 0.25) is 0 Å². The smallest absolute Gasteiger partial charge is 0.0996 e. The van der Waals surface area contributed by atoms with Gasteiger partial charge in [-0.1, -0.05) is 72.9 Å². The molecule has 0 amide bonds. The second-order valence-electron chi connectivity index (χ2n) is 4.67. The first-order valence-electron chi connectivity index (χ1n) is 6.69. The minimum absolute atomic E-state index is 0.191. The molecule has 1 aliphatic heterocycles. The lowest BCUT2D eigenvalue weighted by Crippen LogP contribution is -2.37. The molecule has 21 heavy (non-hydrogen) atoms. The van der Waals surface area contributed by atoms with Crippen LogP contribution in [0.25, 0.3) is 0 Å². The van der Waals surface area contributed by atoms with Crippen molar-refractivity contribution in [3.63, 3.8) is 0 Å². The van der Waals surface area contributed by atoms with Crippen molar-refractivity contribution in [1.29, 1.82) is 0 Å². The quantitative estimate of drug-likeness (QED) is 0.340. The maximum atomic E-state index is 10.1. The summed E-state index contributed by atoms with van der Waals surface area (Å²) in [6, 6.07) is 0. The third-order valence-electron chi connectivity index (χ3n) is 3.09. The van der Waals surface area contributed by atoms with E-state index >= 15 is 0 Å². The Morgan fingerprint density at radius 3 is 2.86 bits per heavy atom. The largest absolute Gasteiger partial charge is 0.390 e. The molecule has 0 unspecified atom stereocenters. The van der Waals surface area contributed by atoms with Gasteiger partial charge in [-0.15, -0.1) is 5.73 Å². The molecule has 1 fully saturated rings. The van der Waals surface area contributed by atoms with Crippen LogP contribution in [0.1, 0.15) is 19.8 Å². The van der Waals surface area contributed by atoms with E-state index in [9.17, 15) is 10.2 Å². The number of hydrogen-bond acceptors (Lipinski definition) is 3. The Morgan fingerprint density at radius 1 is 1.52 bits per heavy atom. The summed E-state index contributed by atoms with van der Waals surface area (Å²) in [6.45, 7) is 2.04. The molecule has 2 N–H and O–H groups in total. The predicted octanol–water partition coefficient (Wildman–Crippen LogP) is 3.94. The van der Waals surface area contributed by atoms with Crippen molar-refractivity contribution in [2.75, 3.05) is 0 Å². The van der Waals surface area contributed by atoms with Gasteiger partial charge in [-0.05, 0) is 17.0 Å². The van der Waals surface area contributed by atoms with Crippen LogP contribution >= 0.6 is 47.8 Å². The normalized spacial score (nSPS) is 29.2. The van der Waals surface area contributed by atoms with E-state index in [0.29, 0.717) is 6.42 Å². The van der Waals surface area contributed by atoms with Gasteiger partial charge in [0.25, 0.3) is 0 Å². The zero-order valence-corrected chi connectivity index (χ0v) is 16.4. The van der Waals surface area contributed by atoms with Gasteiger partial charge in [0, 0.05) is 11.4 Å². The van der Waals surface area contributed by atoms with Crippen LogP contribution in [0, 0.1) is 0 Å². The lowest BCUT2D eigenvalue weighted by Gasteiger charge is -2.23. The summed E-state index contributed by atoms with van der Waals surface area (Å²) in [5.74, 6) is 0. The van der Waals surface area contributed by atoms with Crippen LogP contribution in [0.5, 0.6) is 0 Å². The van der Waals surface area contributed by atoms with E-state index in [1.807, 2.05) is 13.0 Å². The zero-order valence-electron chi connectivity index (χ0n) is 11.6. The highest BCUT2D eigenvalue weighted by atomic mass is 79.9. The lowest BCUT2D eigenvalue weighted by molar-refractivity contribution is 0.00627. The molecule has 3 nitrogen and oxygen atoms in total. The monoisotopic (exact) mass is 484 g/mol. The highest BCUT2D eigenvalue weighted by Crippen LogP contribution is 2.29. The van der Waals surface area contributed by atoms with Crippen molar-refractivity contribution < 1.29 is 14.9 Å². The van der Waals surface area contributed by atoms with Crippen molar-refractivity contribution in [3.05, 3.63) is 39.5 Å². The molecule has 0 saturated carbocycles. The summed E-state index contributed by atoms with van der Waals surface area (Å²) < 4.78 is 6.79. The Morgan fingerprint density at radius 2 is 2.24 bits per heavy atom. The van der Waals surface area contributed by atoms with Gasteiger partial charge in [-0.2, -0.15) is 0 Å². The summed E-state index contributed by atoms with van der Waals surface area (Å²) in [7, 11) is 0. The first-order valence-corrected chi connectivity index (χ1v) is 9.31. The number of rotatable bonds is 6. The van der Waals surface area contributed by atoms with Crippen LogP contribution in [-0.4, -0.2) is 39.5 Å². The molecule has 5 atom stereocenters. The Balaban J connectivity index is 2.62. The third-order valence-corrected chi connectivity index (χ3v) is 5.25. The molecular formula is C15H19Br3O3. The van der Waals surface area contributed by atoms with Crippen molar-refractivity contribution in [1.82, 2.24) is 0 Å². The van der Waals surface area contributed by atoms with E-state index < -0.39 is 18.3 Å². The average Bonchev–Trinajstić information content (AvgIpc) is 2.84. The Kier molecular flexibility index (Phi) is 9.37. The molecule has 1 aliphatic rings. The second kappa shape index (κ2) is 10.2. The van der Waals surface area contributed by atoms with Crippen molar-refractivity contribution in [3.8, 4) is 0 Å². The number of hydrogen-bond donors (Lipinski definition) is 2. The van der Waals surface area contributed by atoms with Crippen LogP contribution in [-0.2, 0) is 4.74 Å². The van der Waals surface area contributed by atoms with E-state index in [1.165, 1.54) is 0 Å². The molecule has 0 bridgehead atoms. The molecule has 6 heteroatoms. The molecule has 0 aromatic carbocycles. The molecule has 0 aromatic heterocycles. The summed E-state index contributed by atoms with van der Waals surface area (Å²) in [5.41, 5.74) is 2.88. The molecule has 1 saturated heterocycles. The Bertz CT molecular complexity index is 441. The molecule has 1 rings (SSSR count). The zero-order chi connectivity index (χ0) is 15.8. The van der Waals surface area contributed by atoms with Gasteiger partial charge in [-0.25, -0.2) is 0 Å². The van der Waals surface area contributed by atoms with E-state index in [1.54, 1.807) is 23.2 Å². The second-order valence-corrected chi connectivity index (χ2v) is 7.21. The number of ether oxygens (including phenoxy) is 1.